The molecule has 0 aliphatic heterocycles. The molecule has 0 aliphatic carbocycles. The molecule has 17 heavy (non-hydrogen) atoms. The van der Waals surface area contributed by atoms with Crippen LogP contribution in [0.1, 0.15) is 4.88 Å². The van der Waals surface area contributed by atoms with Gasteiger partial charge in [0.25, 0.3) is 0 Å². The van der Waals surface area contributed by atoms with Crippen LogP contribution in [0, 0.1) is 0 Å². The largest absolute Gasteiger partial charge is 0.325 e. The minimum absolute atomic E-state index is 0.824. The lowest BCUT2D eigenvalue weighted by molar-refractivity contribution is 0.822. The van der Waals surface area contributed by atoms with Gasteiger partial charge in [0.2, 0.25) is 0 Å². The molecule has 0 atom stereocenters. The molecule has 0 aromatic carbocycles. The van der Waals surface area contributed by atoms with Gasteiger partial charge in [-0.1, -0.05) is 17.7 Å². The van der Waals surface area contributed by atoms with E-state index in [2.05, 4.69) is 27.1 Å². The topological polar surface area (TPSA) is 17.8 Å². The highest BCUT2D eigenvalue weighted by atomic mass is 35.5. The fourth-order valence-corrected chi connectivity index (χ4v) is 3.50. The van der Waals surface area contributed by atoms with Gasteiger partial charge in [0.05, 0.1) is 15.8 Å². The standard InChI is InChI=1S/C12H9ClN2S2/c13-11-4-3-9(17-11)8-15-6-5-14-12(15)10-2-1-7-16-10/h1-7H,8H2. The Bertz CT molecular complexity index is 610. The van der Waals surface area contributed by atoms with E-state index >= 15 is 0 Å². The molecule has 0 radical (unpaired) electrons. The fourth-order valence-electron chi connectivity index (χ4n) is 1.67. The number of imidazole rings is 1. The second-order valence-corrected chi connectivity index (χ2v) is 6.31. The Morgan fingerprint density at radius 1 is 1.29 bits per heavy atom. The van der Waals surface area contributed by atoms with Crippen molar-refractivity contribution >= 4 is 34.3 Å². The average Bonchev–Trinajstić information content (AvgIpc) is 3.00. The normalized spacial score (nSPS) is 10.9. The molecule has 3 heterocycles. The van der Waals surface area contributed by atoms with E-state index < -0.39 is 0 Å². The second kappa shape index (κ2) is 4.64. The first-order valence-electron chi connectivity index (χ1n) is 5.12. The van der Waals surface area contributed by atoms with E-state index in [1.807, 2.05) is 24.5 Å². The summed E-state index contributed by atoms with van der Waals surface area (Å²) >= 11 is 9.25. The van der Waals surface area contributed by atoms with Gasteiger partial charge < -0.3 is 4.57 Å². The van der Waals surface area contributed by atoms with Gasteiger partial charge in [-0.05, 0) is 23.6 Å². The zero-order valence-corrected chi connectivity index (χ0v) is 11.2. The maximum Gasteiger partial charge on any atom is 0.150 e. The average molecular weight is 281 g/mol. The molecule has 3 aromatic heterocycles. The van der Waals surface area contributed by atoms with Gasteiger partial charge >= 0.3 is 0 Å². The molecule has 3 aromatic rings. The molecular weight excluding hydrogens is 272 g/mol. The Hall–Kier alpha value is -1.10. The van der Waals surface area contributed by atoms with Crippen LogP contribution in [0.3, 0.4) is 0 Å². The highest BCUT2D eigenvalue weighted by Gasteiger charge is 2.08. The third-order valence-corrected chi connectivity index (χ3v) is 4.49. The summed E-state index contributed by atoms with van der Waals surface area (Å²) in [5.74, 6) is 1.02. The second-order valence-electron chi connectivity index (χ2n) is 3.56. The van der Waals surface area contributed by atoms with Gasteiger partial charge in [-0.2, -0.15) is 0 Å². The number of rotatable bonds is 3. The zero-order chi connectivity index (χ0) is 11.7. The van der Waals surface area contributed by atoms with Crippen molar-refractivity contribution in [3.05, 3.63) is 51.3 Å². The van der Waals surface area contributed by atoms with Crippen molar-refractivity contribution < 1.29 is 0 Å². The van der Waals surface area contributed by atoms with E-state index in [-0.39, 0.29) is 0 Å². The molecule has 5 heteroatoms. The summed E-state index contributed by atoms with van der Waals surface area (Å²) in [5.41, 5.74) is 0. The highest BCUT2D eigenvalue weighted by Crippen LogP contribution is 2.26. The number of hydrogen-bond acceptors (Lipinski definition) is 3. The van der Waals surface area contributed by atoms with Gasteiger partial charge in [-0.25, -0.2) is 4.98 Å². The van der Waals surface area contributed by atoms with Gasteiger partial charge in [-0.3, -0.25) is 0 Å². The van der Waals surface area contributed by atoms with E-state index in [0.29, 0.717) is 0 Å². The Kier molecular flexibility index (Phi) is 3.01. The van der Waals surface area contributed by atoms with E-state index in [1.165, 1.54) is 9.75 Å². The lowest BCUT2D eigenvalue weighted by atomic mass is 10.4. The molecule has 0 saturated carbocycles. The first kappa shape index (κ1) is 11.0. The van der Waals surface area contributed by atoms with Crippen LogP contribution in [0.4, 0.5) is 0 Å². The van der Waals surface area contributed by atoms with E-state index in [0.717, 1.165) is 16.7 Å². The van der Waals surface area contributed by atoms with Crippen LogP contribution in [0.5, 0.6) is 0 Å². The van der Waals surface area contributed by atoms with Crippen molar-refractivity contribution in [3.63, 3.8) is 0 Å². The molecule has 0 spiro atoms. The van der Waals surface area contributed by atoms with E-state index in [4.69, 9.17) is 11.6 Å². The highest BCUT2D eigenvalue weighted by molar-refractivity contribution is 7.16. The van der Waals surface area contributed by atoms with Gasteiger partial charge in [0.15, 0.2) is 0 Å². The minimum atomic E-state index is 0.824. The summed E-state index contributed by atoms with van der Waals surface area (Å²) in [6.45, 7) is 0.824. The summed E-state index contributed by atoms with van der Waals surface area (Å²) in [6, 6.07) is 8.13. The lowest BCUT2D eigenvalue weighted by Crippen LogP contribution is -1.98. The van der Waals surface area contributed by atoms with Crippen LogP contribution in [-0.2, 0) is 6.54 Å². The quantitative estimate of drug-likeness (QED) is 0.696. The maximum absolute atomic E-state index is 5.94. The van der Waals surface area contributed by atoms with Crippen molar-refractivity contribution in [3.8, 4) is 10.7 Å². The van der Waals surface area contributed by atoms with Gasteiger partial charge in [0.1, 0.15) is 5.82 Å². The molecule has 3 rings (SSSR count). The van der Waals surface area contributed by atoms with Crippen LogP contribution in [0.15, 0.2) is 42.0 Å². The molecule has 0 bridgehead atoms. The minimum Gasteiger partial charge on any atom is -0.325 e. The van der Waals surface area contributed by atoms with Crippen LogP contribution < -0.4 is 0 Å². The number of hydrogen-bond donors (Lipinski definition) is 0. The first-order valence-corrected chi connectivity index (χ1v) is 7.19. The molecule has 0 saturated heterocycles. The Balaban J connectivity index is 1.92. The Morgan fingerprint density at radius 2 is 2.24 bits per heavy atom. The summed E-state index contributed by atoms with van der Waals surface area (Å²) in [6.07, 6.45) is 3.84. The lowest BCUT2D eigenvalue weighted by Gasteiger charge is -2.04. The molecule has 0 fully saturated rings. The van der Waals surface area contributed by atoms with E-state index in [1.54, 1.807) is 22.7 Å². The molecule has 86 valence electrons. The fraction of sp³-hybridized carbons (Fsp3) is 0.0833. The number of aromatic nitrogens is 2. The molecule has 0 N–H and O–H groups in total. The summed E-state index contributed by atoms with van der Waals surface area (Å²) in [4.78, 5) is 6.84. The predicted octanol–water partition coefficient (Wildman–Crippen LogP) is 4.37. The van der Waals surface area contributed by atoms with Gasteiger partial charge in [-0.15, -0.1) is 22.7 Å². The third kappa shape index (κ3) is 2.29. The van der Waals surface area contributed by atoms with Crippen molar-refractivity contribution in [2.24, 2.45) is 0 Å². The predicted molar refractivity (Wildman–Crippen MR) is 74.0 cm³/mol. The molecule has 0 unspecified atom stereocenters. The molecule has 0 amide bonds. The maximum atomic E-state index is 5.94. The monoisotopic (exact) mass is 280 g/mol. The van der Waals surface area contributed by atoms with Crippen molar-refractivity contribution in [1.82, 2.24) is 9.55 Å². The van der Waals surface area contributed by atoms with Crippen molar-refractivity contribution in [2.45, 2.75) is 6.54 Å². The zero-order valence-electron chi connectivity index (χ0n) is 8.84. The van der Waals surface area contributed by atoms with Crippen molar-refractivity contribution in [2.75, 3.05) is 0 Å². The van der Waals surface area contributed by atoms with Crippen LogP contribution >= 0.6 is 34.3 Å². The van der Waals surface area contributed by atoms with Crippen LogP contribution in [0.25, 0.3) is 10.7 Å². The third-order valence-electron chi connectivity index (χ3n) is 2.41. The molecule has 0 aliphatic rings. The smallest absolute Gasteiger partial charge is 0.150 e. The van der Waals surface area contributed by atoms with Crippen LogP contribution in [-0.4, -0.2) is 9.55 Å². The van der Waals surface area contributed by atoms with E-state index in [9.17, 15) is 0 Å². The SMILES string of the molecule is Clc1ccc(Cn2ccnc2-c2cccs2)s1. The molecule has 2 nitrogen and oxygen atoms in total. The van der Waals surface area contributed by atoms with Crippen LogP contribution in [0.2, 0.25) is 4.34 Å². The number of halogens is 1. The summed E-state index contributed by atoms with van der Waals surface area (Å²) in [5, 5.41) is 2.07. The Labute approximate surface area is 112 Å². The van der Waals surface area contributed by atoms with Gasteiger partial charge in [0, 0.05) is 17.3 Å². The summed E-state index contributed by atoms with van der Waals surface area (Å²) in [7, 11) is 0. The first-order chi connectivity index (χ1) is 8.33. The van der Waals surface area contributed by atoms with Crippen molar-refractivity contribution in [1.29, 1.82) is 0 Å². The molecular formula is C12H9ClN2S2. The summed E-state index contributed by atoms with van der Waals surface area (Å²) < 4.78 is 2.98. The number of thiophene rings is 2. The Morgan fingerprint density at radius 3 is 2.94 bits per heavy atom. The number of nitrogens with zero attached hydrogens (tertiary/aromatic N) is 2.